The second-order valence-electron chi connectivity index (χ2n) is 3.79. The van der Waals surface area contributed by atoms with E-state index in [2.05, 4.69) is 27.2 Å². The summed E-state index contributed by atoms with van der Waals surface area (Å²) in [7, 11) is 0. The summed E-state index contributed by atoms with van der Waals surface area (Å²) in [5.74, 6) is 2.59. The van der Waals surface area contributed by atoms with Crippen molar-refractivity contribution in [2.75, 3.05) is 6.54 Å². The molecule has 3 heteroatoms. The summed E-state index contributed by atoms with van der Waals surface area (Å²) >= 11 is 3.38. The molecule has 0 aliphatic carbocycles. The van der Waals surface area contributed by atoms with Gasteiger partial charge in [0.1, 0.15) is 0 Å². The second kappa shape index (κ2) is 6.70. The van der Waals surface area contributed by atoms with Crippen LogP contribution in [0.4, 0.5) is 0 Å². The monoisotopic (exact) mass is 281 g/mol. The third kappa shape index (κ3) is 4.36. The van der Waals surface area contributed by atoms with E-state index in [9.17, 15) is 5.11 Å². The molecule has 2 N–H and O–H groups in total. The Morgan fingerprint density at radius 3 is 2.94 bits per heavy atom. The van der Waals surface area contributed by atoms with Crippen LogP contribution >= 0.6 is 15.9 Å². The number of hydrogen-bond donors (Lipinski definition) is 2. The van der Waals surface area contributed by atoms with E-state index in [4.69, 9.17) is 6.42 Å². The number of aliphatic hydroxyl groups is 1. The Morgan fingerprint density at radius 2 is 2.31 bits per heavy atom. The van der Waals surface area contributed by atoms with Gasteiger partial charge in [0.25, 0.3) is 0 Å². The standard InChI is InChI=1S/C13H16BrNO/c1-3-5-10(2)15-9-13(16)11-6-4-7-12(14)8-11/h1,4,6-8,10,13,15-16H,5,9H2,2H3. The zero-order valence-corrected chi connectivity index (χ0v) is 10.9. The smallest absolute Gasteiger partial charge is 0.0914 e. The third-order valence-corrected chi connectivity index (χ3v) is 2.81. The number of nitrogens with one attached hydrogen (secondary N) is 1. The molecule has 0 amide bonds. The molecule has 0 heterocycles. The molecule has 0 aromatic heterocycles. The molecule has 1 rings (SSSR count). The normalized spacial score (nSPS) is 14.1. The Kier molecular flexibility index (Phi) is 5.54. The highest BCUT2D eigenvalue weighted by Crippen LogP contribution is 2.17. The van der Waals surface area contributed by atoms with Gasteiger partial charge in [-0.2, -0.15) is 0 Å². The van der Waals surface area contributed by atoms with E-state index in [1.807, 2.05) is 31.2 Å². The summed E-state index contributed by atoms with van der Waals surface area (Å²) in [6.45, 7) is 2.52. The average Bonchev–Trinajstić information content (AvgIpc) is 2.26. The predicted molar refractivity (Wildman–Crippen MR) is 70.0 cm³/mol. The van der Waals surface area contributed by atoms with Gasteiger partial charge in [-0.1, -0.05) is 28.1 Å². The molecule has 1 aromatic carbocycles. The van der Waals surface area contributed by atoms with Gasteiger partial charge in [0.15, 0.2) is 0 Å². The van der Waals surface area contributed by atoms with Gasteiger partial charge in [-0.15, -0.1) is 12.3 Å². The SMILES string of the molecule is C#CCC(C)NCC(O)c1cccc(Br)c1. The van der Waals surface area contributed by atoms with Crippen LogP contribution in [0, 0.1) is 12.3 Å². The van der Waals surface area contributed by atoms with Crippen LogP contribution in [-0.2, 0) is 0 Å². The molecular weight excluding hydrogens is 266 g/mol. The fraction of sp³-hybridized carbons (Fsp3) is 0.385. The maximum absolute atomic E-state index is 9.93. The lowest BCUT2D eigenvalue weighted by molar-refractivity contribution is 0.171. The van der Waals surface area contributed by atoms with E-state index in [-0.39, 0.29) is 6.04 Å². The molecular formula is C13H16BrNO. The lowest BCUT2D eigenvalue weighted by Crippen LogP contribution is -2.30. The van der Waals surface area contributed by atoms with Crippen LogP contribution in [0.3, 0.4) is 0 Å². The summed E-state index contributed by atoms with van der Waals surface area (Å²) in [5.41, 5.74) is 0.898. The highest BCUT2D eigenvalue weighted by molar-refractivity contribution is 9.10. The zero-order valence-electron chi connectivity index (χ0n) is 9.28. The van der Waals surface area contributed by atoms with Crippen molar-refractivity contribution in [1.29, 1.82) is 0 Å². The number of terminal acetylenes is 1. The minimum absolute atomic E-state index is 0.229. The molecule has 0 fully saturated rings. The van der Waals surface area contributed by atoms with Gasteiger partial charge in [-0.25, -0.2) is 0 Å². The average molecular weight is 282 g/mol. The summed E-state index contributed by atoms with van der Waals surface area (Å²) in [4.78, 5) is 0. The first-order valence-corrected chi connectivity index (χ1v) is 6.03. The first-order valence-electron chi connectivity index (χ1n) is 5.24. The largest absolute Gasteiger partial charge is 0.387 e. The van der Waals surface area contributed by atoms with E-state index in [0.29, 0.717) is 13.0 Å². The molecule has 2 unspecified atom stereocenters. The highest BCUT2D eigenvalue weighted by atomic mass is 79.9. The Balaban J connectivity index is 2.47. The van der Waals surface area contributed by atoms with Crippen molar-refractivity contribution < 1.29 is 5.11 Å². The van der Waals surface area contributed by atoms with Crippen molar-refractivity contribution in [1.82, 2.24) is 5.32 Å². The number of hydrogen-bond acceptors (Lipinski definition) is 2. The Hall–Kier alpha value is -0.820. The van der Waals surface area contributed by atoms with Crippen molar-refractivity contribution in [3.63, 3.8) is 0 Å². The van der Waals surface area contributed by atoms with Crippen molar-refractivity contribution in [3.8, 4) is 12.3 Å². The van der Waals surface area contributed by atoms with Crippen LogP contribution in [0.2, 0.25) is 0 Å². The Labute approximate surface area is 105 Å². The quantitative estimate of drug-likeness (QED) is 0.813. The van der Waals surface area contributed by atoms with Gasteiger partial charge in [0, 0.05) is 23.5 Å². The maximum atomic E-state index is 9.93. The summed E-state index contributed by atoms with van der Waals surface area (Å²) in [6.07, 6.45) is 5.38. The van der Waals surface area contributed by atoms with Crippen LogP contribution < -0.4 is 5.32 Å². The van der Waals surface area contributed by atoms with Gasteiger partial charge in [0.05, 0.1) is 6.10 Å². The first kappa shape index (κ1) is 13.2. The molecule has 0 aliphatic rings. The molecule has 86 valence electrons. The topological polar surface area (TPSA) is 32.3 Å². The van der Waals surface area contributed by atoms with Gasteiger partial charge in [0.2, 0.25) is 0 Å². The molecule has 0 aliphatic heterocycles. The van der Waals surface area contributed by atoms with Crippen LogP contribution in [0.1, 0.15) is 25.0 Å². The first-order chi connectivity index (χ1) is 7.63. The van der Waals surface area contributed by atoms with Crippen molar-refractivity contribution in [2.24, 2.45) is 0 Å². The van der Waals surface area contributed by atoms with Crippen LogP contribution in [0.5, 0.6) is 0 Å². The van der Waals surface area contributed by atoms with Crippen LogP contribution in [-0.4, -0.2) is 17.7 Å². The summed E-state index contributed by atoms with van der Waals surface area (Å²) in [5, 5.41) is 13.1. The number of aliphatic hydroxyl groups excluding tert-OH is 1. The minimum Gasteiger partial charge on any atom is -0.387 e. The molecule has 16 heavy (non-hydrogen) atoms. The zero-order chi connectivity index (χ0) is 12.0. The summed E-state index contributed by atoms with van der Waals surface area (Å²) < 4.78 is 0.973. The molecule has 2 nitrogen and oxygen atoms in total. The second-order valence-corrected chi connectivity index (χ2v) is 4.70. The minimum atomic E-state index is -0.502. The lowest BCUT2D eigenvalue weighted by Gasteiger charge is -2.15. The highest BCUT2D eigenvalue weighted by Gasteiger charge is 2.08. The molecule has 2 atom stereocenters. The fourth-order valence-electron chi connectivity index (χ4n) is 1.39. The molecule has 0 radical (unpaired) electrons. The van der Waals surface area contributed by atoms with Gasteiger partial charge >= 0.3 is 0 Å². The number of halogens is 1. The van der Waals surface area contributed by atoms with E-state index in [1.165, 1.54) is 0 Å². The van der Waals surface area contributed by atoms with Gasteiger partial charge < -0.3 is 10.4 Å². The summed E-state index contributed by atoms with van der Waals surface area (Å²) in [6, 6.07) is 7.89. The molecule has 0 saturated carbocycles. The Bertz CT molecular complexity index is 372. The van der Waals surface area contributed by atoms with E-state index in [0.717, 1.165) is 10.0 Å². The van der Waals surface area contributed by atoms with Gasteiger partial charge in [-0.05, 0) is 24.6 Å². The molecule has 0 bridgehead atoms. The number of benzene rings is 1. The Morgan fingerprint density at radius 1 is 1.56 bits per heavy atom. The van der Waals surface area contributed by atoms with Gasteiger partial charge in [-0.3, -0.25) is 0 Å². The predicted octanol–water partition coefficient (Wildman–Crippen LogP) is 2.48. The van der Waals surface area contributed by atoms with E-state index >= 15 is 0 Å². The van der Waals surface area contributed by atoms with Crippen molar-refractivity contribution >= 4 is 15.9 Å². The molecule has 0 saturated heterocycles. The lowest BCUT2D eigenvalue weighted by atomic mass is 10.1. The fourth-order valence-corrected chi connectivity index (χ4v) is 1.81. The van der Waals surface area contributed by atoms with Crippen molar-refractivity contribution in [2.45, 2.75) is 25.5 Å². The van der Waals surface area contributed by atoms with Crippen LogP contribution in [0.25, 0.3) is 0 Å². The maximum Gasteiger partial charge on any atom is 0.0914 e. The van der Waals surface area contributed by atoms with E-state index in [1.54, 1.807) is 0 Å². The molecule has 1 aromatic rings. The molecule has 0 spiro atoms. The number of rotatable bonds is 5. The van der Waals surface area contributed by atoms with Crippen molar-refractivity contribution in [3.05, 3.63) is 34.3 Å². The van der Waals surface area contributed by atoms with Crippen LogP contribution in [0.15, 0.2) is 28.7 Å². The third-order valence-electron chi connectivity index (χ3n) is 2.32. The van der Waals surface area contributed by atoms with E-state index < -0.39 is 6.10 Å².